The van der Waals surface area contributed by atoms with E-state index in [4.69, 9.17) is 9.47 Å². The van der Waals surface area contributed by atoms with Gasteiger partial charge in [0.25, 0.3) is 0 Å². The molecule has 9 heteroatoms. The van der Waals surface area contributed by atoms with E-state index in [2.05, 4.69) is 17.6 Å². The minimum atomic E-state index is -1.66. The maximum absolute atomic E-state index is 12.9. The number of piperidine rings is 1. The Bertz CT molecular complexity index is 797. The van der Waals surface area contributed by atoms with E-state index in [-0.39, 0.29) is 0 Å². The average molecular weight is 449 g/mol. The van der Waals surface area contributed by atoms with Gasteiger partial charge in [0.1, 0.15) is 24.4 Å². The van der Waals surface area contributed by atoms with Crippen LogP contribution in [0.2, 0.25) is 0 Å². The molecule has 1 amide bonds. The Labute approximate surface area is 187 Å². The minimum Gasteiger partial charge on any atom is -0.416 e. The van der Waals surface area contributed by atoms with Crippen LogP contribution in [0.15, 0.2) is 36.1 Å². The largest absolute Gasteiger partial charge is 0.416 e. The Morgan fingerprint density at radius 1 is 1.16 bits per heavy atom. The molecule has 1 saturated carbocycles. The summed E-state index contributed by atoms with van der Waals surface area (Å²) in [4.78, 5) is 27.7. The van der Waals surface area contributed by atoms with Gasteiger partial charge < -0.3 is 39.4 Å². The van der Waals surface area contributed by atoms with Crippen molar-refractivity contribution in [2.24, 2.45) is 11.8 Å². The Kier molecular flexibility index (Phi) is 6.99. The van der Waals surface area contributed by atoms with Crippen LogP contribution < -0.4 is 0 Å². The van der Waals surface area contributed by atoms with Gasteiger partial charge >= 0.3 is 6.09 Å². The maximum Gasteiger partial charge on any atom is 0.412 e. The summed E-state index contributed by atoms with van der Waals surface area (Å²) in [5.41, 5.74) is 2.29. The van der Waals surface area contributed by atoms with Crippen molar-refractivity contribution in [3.8, 4) is 0 Å². The highest BCUT2D eigenvalue weighted by Gasteiger charge is 2.46. The van der Waals surface area contributed by atoms with E-state index in [0.29, 0.717) is 44.2 Å². The third-order valence-electron chi connectivity index (χ3n) is 7.06. The lowest BCUT2D eigenvalue weighted by Crippen LogP contribution is -2.59. The number of carbonyl (C=O) groups is 2. The second-order valence-electron chi connectivity index (χ2n) is 8.98. The molecule has 7 atom stereocenters. The molecule has 2 saturated heterocycles. The molecule has 3 fully saturated rings. The summed E-state index contributed by atoms with van der Waals surface area (Å²) in [7, 11) is 0. The van der Waals surface area contributed by atoms with E-state index in [9.17, 15) is 24.9 Å². The molecule has 4 aliphatic rings. The molecular weight excluding hydrogens is 416 g/mol. The number of carbonyl (C=O) groups excluding carboxylic acids is 2. The summed E-state index contributed by atoms with van der Waals surface area (Å²) < 4.78 is 10.5. The van der Waals surface area contributed by atoms with Crippen molar-refractivity contribution < 1.29 is 34.4 Å². The van der Waals surface area contributed by atoms with Crippen LogP contribution in [-0.4, -0.2) is 94.4 Å². The van der Waals surface area contributed by atoms with Crippen LogP contribution in [0, 0.1) is 11.8 Å². The van der Waals surface area contributed by atoms with Crippen molar-refractivity contribution in [2.45, 2.75) is 56.4 Å². The van der Waals surface area contributed by atoms with Crippen LogP contribution >= 0.6 is 0 Å². The van der Waals surface area contributed by atoms with Gasteiger partial charge in [-0.1, -0.05) is 31.2 Å². The zero-order valence-electron chi connectivity index (χ0n) is 18.1. The molecule has 32 heavy (non-hydrogen) atoms. The summed E-state index contributed by atoms with van der Waals surface area (Å²) in [5.74, 6) is 1.16. The van der Waals surface area contributed by atoms with Gasteiger partial charge in [-0.25, -0.2) is 4.79 Å². The fourth-order valence-electron chi connectivity index (χ4n) is 5.19. The quantitative estimate of drug-likeness (QED) is 0.525. The minimum absolute atomic E-state index is 0.307. The first-order chi connectivity index (χ1) is 15.4. The Balaban J connectivity index is 1.44. The van der Waals surface area contributed by atoms with E-state index in [1.165, 1.54) is 29.7 Å². The number of aliphatic hydroxyl groups is 3. The molecule has 3 N–H and O–H groups in total. The van der Waals surface area contributed by atoms with Crippen LogP contribution in [0.3, 0.4) is 0 Å². The number of hydrogen-bond acceptors (Lipinski definition) is 8. The van der Waals surface area contributed by atoms with E-state index in [1.807, 2.05) is 12.2 Å². The van der Waals surface area contributed by atoms with Crippen molar-refractivity contribution in [3.05, 3.63) is 36.1 Å². The first-order valence-corrected chi connectivity index (χ1v) is 11.3. The van der Waals surface area contributed by atoms with Crippen molar-refractivity contribution in [3.63, 3.8) is 0 Å². The van der Waals surface area contributed by atoms with Gasteiger partial charge in [-0.3, -0.25) is 0 Å². The van der Waals surface area contributed by atoms with Crippen LogP contribution in [-0.2, 0) is 14.3 Å². The zero-order chi connectivity index (χ0) is 22.8. The van der Waals surface area contributed by atoms with Gasteiger partial charge in [0.15, 0.2) is 6.29 Å². The van der Waals surface area contributed by atoms with Gasteiger partial charge in [-0.2, -0.15) is 0 Å². The van der Waals surface area contributed by atoms with Crippen molar-refractivity contribution in [1.29, 1.82) is 0 Å². The summed E-state index contributed by atoms with van der Waals surface area (Å²) in [6, 6.07) is 0. The molecule has 0 aromatic rings. The van der Waals surface area contributed by atoms with Gasteiger partial charge in [0, 0.05) is 31.9 Å². The number of ether oxygens (including phenoxy) is 2. The third-order valence-corrected chi connectivity index (χ3v) is 7.06. The molecule has 7 unspecified atom stereocenters. The Hall–Kier alpha value is -2.20. The predicted molar refractivity (Wildman–Crippen MR) is 114 cm³/mol. The fraction of sp³-hybridized carbons (Fsp3) is 0.652. The van der Waals surface area contributed by atoms with Crippen LogP contribution in [0.5, 0.6) is 0 Å². The Morgan fingerprint density at radius 3 is 2.75 bits per heavy atom. The van der Waals surface area contributed by atoms with Crippen LogP contribution in [0.4, 0.5) is 4.79 Å². The molecule has 1 aliphatic carbocycles. The molecule has 4 rings (SSSR count). The maximum atomic E-state index is 12.9. The Morgan fingerprint density at radius 2 is 1.97 bits per heavy atom. The first kappa shape index (κ1) is 23.0. The van der Waals surface area contributed by atoms with Gasteiger partial charge in [0.05, 0.1) is 0 Å². The van der Waals surface area contributed by atoms with Crippen molar-refractivity contribution in [1.82, 2.24) is 9.80 Å². The topological polar surface area (TPSA) is 120 Å². The number of aliphatic hydroxyl groups excluding tert-OH is 3. The first-order valence-electron chi connectivity index (χ1n) is 11.3. The summed E-state index contributed by atoms with van der Waals surface area (Å²) in [6.45, 7) is 6.63. The standard InChI is InChI=1S/C23H32N2O7/c1-14-16-7-3-2-4-9-24(10-11-25(14)12-15-6-5-8-17(15)16)23(30)32-22-21(29)20(28)19(27)18(13-26)31-22/h2-3,7,13,15,17-22,27-29H,1,4-6,8-12H2/b3-2-,16-7+. The van der Waals surface area contributed by atoms with Crippen LogP contribution in [0.1, 0.15) is 25.7 Å². The molecule has 3 aliphatic heterocycles. The molecule has 0 aromatic carbocycles. The monoisotopic (exact) mass is 448 g/mol. The van der Waals surface area contributed by atoms with E-state index in [1.54, 1.807) is 0 Å². The highest BCUT2D eigenvalue weighted by molar-refractivity contribution is 5.68. The molecule has 0 radical (unpaired) electrons. The molecule has 2 bridgehead atoms. The van der Waals surface area contributed by atoms with E-state index in [0.717, 1.165) is 12.2 Å². The van der Waals surface area contributed by atoms with Crippen LogP contribution in [0.25, 0.3) is 0 Å². The summed E-state index contributed by atoms with van der Waals surface area (Å²) in [6.07, 6.45) is 2.14. The second kappa shape index (κ2) is 9.74. The van der Waals surface area contributed by atoms with Crippen molar-refractivity contribution >= 4 is 12.4 Å². The van der Waals surface area contributed by atoms with Gasteiger partial charge in [-0.05, 0) is 36.7 Å². The van der Waals surface area contributed by atoms with E-state index < -0.39 is 36.8 Å². The number of amides is 1. The summed E-state index contributed by atoms with van der Waals surface area (Å²) in [5, 5.41) is 29.9. The second-order valence-corrected chi connectivity index (χ2v) is 8.98. The van der Waals surface area contributed by atoms with Gasteiger partial charge in [0.2, 0.25) is 6.29 Å². The highest BCUT2D eigenvalue weighted by Crippen LogP contribution is 2.44. The lowest BCUT2D eigenvalue weighted by atomic mass is 9.82. The molecule has 0 spiro atoms. The number of rotatable bonds is 2. The number of fused-ring (bicyclic) bond motifs is 4. The summed E-state index contributed by atoms with van der Waals surface area (Å²) >= 11 is 0. The number of nitrogens with zero attached hydrogens (tertiary/aromatic N) is 2. The lowest BCUT2D eigenvalue weighted by molar-refractivity contribution is -0.272. The predicted octanol–water partition coefficient (Wildman–Crippen LogP) is 0.563. The molecule has 9 nitrogen and oxygen atoms in total. The average Bonchev–Trinajstić information content (AvgIpc) is 3.24. The lowest BCUT2D eigenvalue weighted by Gasteiger charge is -2.41. The smallest absolute Gasteiger partial charge is 0.412 e. The molecule has 176 valence electrons. The number of allylic oxidation sites excluding steroid dienone is 3. The zero-order valence-corrected chi connectivity index (χ0v) is 18.1. The fourth-order valence-corrected chi connectivity index (χ4v) is 5.19. The molecule has 3 heterocycles. The molecule has 0 aromatic heterocycles. The normalized spacial score (nSPS) is 40.5. The number of hydrogen-bond donors (Lipinski definition) is 3. The van der Waals surface area contributed by atoms with Gasteiger partial charge in [-0.15, -0.1) is 0 Å². The number of aldehydes is 1. The highest BCUT2D eigenvalue weighted by atomic mass is 16.7. The third kappa shape index (κ3) is 4.47. The van der Waals surface area contributed by atoms with E-state index >= 15 is 0 Å². The van der Waals surface area contributed by atoms with Crippen molar-refractivity contribution in [2.75, 3.05) is 26.2 Å². The SMILES string of the molecule is C=C1/C2=C\C=C/CCN(C(=O)OC3OC(C=O)C(O)C(O)C3O)CCN1CC1CCCC21. The molecular formula is C23H32N2O7.